The molecule has 0 aliphatic carbocycles. The van der Waals surface area contributed by atoms with Crippen molar-refractivity contribution in [2.24, 2.45) is 0 Å². The largest absolute Gasteiger partial charge is 0.434 e. The Morgan fingerprint density at radius 2 is 1.90 bits per heavy atom. The van der Waals surface area contributed by atoms with Crippen LogP contribution in [0.3, 0.4) is 0 Å². The molecule has 0 bridgehead atoms. The summed E-state index contributed by atoms with van der Waals surface area (Å²) in [5.74, 6) is -1.86. The van der Waals surface area contributed by atoms with Gasteiger partial charge in [0, 0.05) is 10.7 Å². The maximum Gasteiger partial charge on any atom is 0.434 e. The fraction of sp³-hybridized carbons (Fsp3) is 0.0526. The lowest BCUT2D eigenvalue weighted by molar-refractivity contribution is -0.143. The Morgan fingerprint density at radius 1 is 1.10 bits per heavy atom. The van der Waals surface area contributed by atoms with Crippen LogP contribution in [0.5, 0.6) is 0 Å². The first kappa shape index (κ1) is 20.5. The zero-order valence-electron chi connectivity index (χ0n) is 15.3. The van der Waals surface area contributed by atoms with E-state index in [4.69, 9.17) is 11.6 Å². The van der Waals surface area contributed by atoms with Gasteiger partial charge in [-0.25, -0.2) is 18.7 Å². The molecule has 0 saturated carbocycles. The minimum absolute atomic E-state index is 0.0297. The number of carbonyl (C=O) groups excluding carboxylic acids is 1. The van der Waals surface area contributed by atoms with E-state index in [1.54, 1.807) is 0 Å². The summed E-state index contributed by atoms with van der Waals surface area (Å²) in [6.07, 6.45) is -1.62. The summed E-state index contributed by atoms with van der Waals surface area (Å²) in [6, 6.07) is 9.19. The fourth-order valence-corrected chi connectivity index (χ4v) is 3.08. The van der Waals surface area contributed by atoms with Gasteiger partial charge in [0.15, 0.2) is 11.5 Å². The van der Waals surface area contributed by atoms with E-state index in [-0.39, 0.29) is 22.1 Å². The summed E-state index contributed by atoms with van der Waals surface area (Å²) in [4.78, 5) is 16.3. The van der Waals surface area contributed by atoms with E-state index >= 15 is 0 Å². The number of aromatic nitrogens is 5. The molecule has 2 aromatic carbocycles. The van der Waals surface area contributed by atoms with Crippen molar-refractivity contribution in [1.29, 1.82) is 0 Å². The molecule has 7 nitrogen and oxygen atoms in total. The molecule has 158 valence electrons. The molecule has 4 aromatic rings. The lowest BCUT2D eigenvalue weighted by Gasteiger charge is -2.13. The summed E-state index contributed by atoms with van der Waals surface area (Å²) < 4.78 is 57.3. The zero-order chi connectivity index (χ0) is 22.2. The number of hydrogen-bond donors (Lipinski definition) is 1. The van der Waals surface area contributed by atoms with Gasteiger partial charge < -0.3 is 5.32 Å². The molecule has 1 N–H and O–H groups in total. The molecule has 4 rings (SSSR count). The lowest BCUT2D eigenvalue weighted by Crippen LogP contribution is -2.20. The minimum Gasteiger partial charge on any atom is -0.322 e. The van der Waals surface area contributed by atoms with Crippen LogP contribution in [0.15, 0.2) is 61.3 Å². The number of anilines is 1. The van der Waals surface area contributed by atoms with E-state index in [9.17, 15) is 22.4 Å². The number of benzene rings is 2. The summed E-state index contributed by atoms with van der Waals surface area (Å²) in [5.41, 5.74) is -1.97. The first-order valence-corrected chi connectivity index (χ1v) is 8.99. The molecule has 2 heterocycles. The number of nitrogens with one attached hydrogen (secondary N) is 1. The maximum atomic E-state index is 14.3. The average molecular weight is 451 g/mol. The highest BCUT2D eigenvalue weighted by Gasteiger charge is 2.40. The van der Waals surface area contributed by atoms with Crippen LogP contribution in [0.25, 0.3) is 11.4 Å². The highest BCUT2D eigenvalue weighted by Crippen LogP contribution is 2.34. The van der Waals surface area contributed by atoms with Crippen LogP contribution in [0, 0.1) is 5.82 Å². The van der Waals surface area contributed by atoms with E-state index in [1.807, 2.05) is 0 Å². The van der Waals surface area contributed by atoms with E-state index in [2.05, 4.69) is 20.5 Å². The number of amides is 1. The van der Waals surface area contributed by atoms with Crippen LogP contribution in [-0.2, 0) is 6.18 Å². The zero-order valence-corrected chi connectivity index (χ0v) is 16.1. The summed E-state index contributed by atoms with van der Waals surface area (Å²) in [5, 5.41) is 9.96. The molecule has 0 saturated heterocycles. The smallest absolute Gasteiger partial charge is 0.322 e. The second kappa shape index (κ2) is 7.84. The molecular formula is C19H11ClF4N6O. The molecule has 12 heteroatoms. The summed E-state index contributed by atoms with van der Waals surface area (Å²) in [7, 11) is 0. The van der Waals surface area contributed by atoms with Gasteiger partial charge in [0.05, 0.1) is 17.4 Å². The van der Waals surface area contributed by atoms with Gasteiger partial charge in [-0.3, -0.25) is 4.79 Å². The molecule has 0 fully saturated rings. The Bertz CT molecular complexity index is 1250. The summed E-state index contributed by atoms with van der Waals surface area (Å²) >= 11 is 5.86. The quantitative estimate of drug-likeness (QED) is 0.464. The van der Waals surface area contributed by atoms with Crippen LogP contribution < -0.4 is 5.32 Å². The molecule has 0 aliphatic heterocycles. The highest BCUT2D eigenvalue weighted by atomic mass is 35.5. The topological polar surface area (TPSA) is 77.6 Å². The third-order valence-electron chi connectivity index (χ3n) is 4.21. The Morgan fingerprint density at radius 3 is 2.55 bits per heavy atom. The number of rotatable bonds is 4. The van der Waals surface area contributed by atoms with Crippen LogP contribution in [0.1, 0.15) is 16.1 Å². The van der Waals surface area contributed by atoms with E-state index in [0.717, 1.165) is 16.9 Å². The second-order valence-electron chi connectivity index (χ2n) is 6.26. The highest BCUT2D eigenvalue weighted by molar-refractivity contribution is 6.30. The molecular weight excluding hydrogens is 440 g/mol. The molecule has 0 aliphatic rings. The van der Waals surface area contributed by atoms with Crippen LogP contribution >= 0.6 is 11.6 Å². The van der Waals surface area contributed by atoms with Crippen molar-refractivity contribution in [2.75, 3.05) is 5.32 Å². The predicted molar refractivity (Wildman–Crippen MR) is 103 cm³/mol. The lowest BCUT2D eigenvalue weighted by atomic mass is 10.2. The Balaban J connectivity index is 1.67. The Hall–Kier alpha value is -3.73. The second-order valence-corrected chi connectivity index (χ2v) is 6.69. The van der Waals surface area contributed by atoms with Gasteiger partial charge in [-0.2, -0.15) is 23.4 Å². The van der Waals surface area contributed by atoms with Crippen LogP contribution in [0.2, 0.25) is 5.02 Å². The molecule has 0 unspecified atom stereocenters. The Labute approximate surface area is 176 Å². The first-order chi connectivity index (χ1) is 14.7. The minimum atomic E-state index is -4.90. The van der Waals surface area contributed by atoms with Gasteiger partial charge in [-0.1, -0.05) is 17.7 Å². The number of alkyl halides is 3. The predicted octanol–water partition coefficient (Wildman–Crippen LogP) is 4.52. The van der Waals surface area contributed by atoms with Crippen LogP contribution in [-0.4, -0.2) is 30.5 Å². The van der Waals surface area contributed by atoms with Crippen molar-refractivity contribution < 1.29 is 22.4 Å². The molecule has 0 spiro atoms. The van der Waals surface area contributed by atoms with Gasteiger partial charge in [0.25, 0.3) is 5.91 Å². The van der Waals surface area contributed by atoms with Crippen molar-refractivity contribution >= 4 is 23.2 Å². The third kappa shape index (κ3) is 4.12. The van der Waals surface area contributed by atoms with Crippen molar-refractivity contribution in [3.8, 4) is 11.4 Å². The number of halogens is 5. The fourth-order valence-electron chi connectivity index (χ4n) is 2.89. The van der Waals surface area contributed by atoms with Crippen molar-refractivity contribution in [3.05, 3.63) is 83.4 Å². The molecule has 0 atom stereocenters. The van der Waals surface area contributed by atoms with Crippen molar-refractivity contribution in [3.63, 3.8) is 0 Å². The maximum absolute atomic E-state index is 14.3. The van der Waals surface area contributed by atoms with E-state index in [0.29, 0.717) is 4.68 Å². The van der Waals surface area contributed by atoms with Crippen LogP contribution in [0.4, 0.5) is 23.2 Å². The number of hydrogen-bond acceptors (Lipinski definition) is 4. The molecule has 31 heavy (non-hydrogen) atoms. The van der Waals surface area contributed by atoms with Crippen molar-refractivity contribution in [2.45, 2.75) is 6.18 Å². The normalized spacial score (nSPS) is 11.5. The SMILES string of the molecule is O=C(Nc1ccc(-n2cncn2)c(F)c1)c1cnn(-c2cccc(Cl)c2)c1C(F)(F)F. The standard InChI is InChI=1S/C19H11ClF4N6O/c20-11-2-1-3-13(6-11)30-17(19(22,23)24)14(8-26-30)18(31)28-12-4-5-16(15(21)7-12)29-10-25-9-27-29/h1-10H,(H,28,31). The molecule has 0 radical (unpaired) electrons. The average Bonchev–Trinajstić information content (AvgIpc) is 3.38. The first-order valence-electron chi connectivity index (χ1n) is 8.61. The summed E-state index contributed by atoms with van der Waals surface area (Å²) in [6.45, 7) is 0. The third-order valence-corrected chi connectivity index (χ3v) is 4.44. The number of carbonyl (C=O) groups is 1. The van der Waals surface area contributed by atoms with Gasteiger partial charge in [0.1, 0.15) is 18.3 Å². The van der Waals surface area contributed by atoms with E-state index in [1.165, 1.54) is 49.1 Å². The van der Waals surface area contributed by atoms with Gasteiger partial charge in [-0.15, -0.1) is 0 Å². The Kier molecular flexibility index (Phi) is 5.19. The van der Waals surface area contributed by atoms with E-state index < -0.39 is 29.2 Å². The molecule has 2 aromatic heterocycles. The van der Waals surface area contributed by atoms with Gasteiger partial charge in [-0.05, 0) is 36.4 Å². The van der Waals surface area contributed by atoms with Gasteiger partial charge in [0.2, 0.25) is 0 Å². The van der Waals surface area contributed by atoms with Crippen molar-refractivity contribution in [1.82, 2.24) is 24.5 Å². The van der Waals surface area contributed by atoms with Gasteiger partial charge >= 0.3 is 6.18 Å². The number of nitrogens with zero attached hydrogens (tertiary/aromatic N) is 5. The molecule has 1 amide bonds. The monoisotopic (exact) mass is 450 g/mol.